The van der Waals surface area contributed by atoms with Crippen LogP contribution in [0.2, 0.25) is 0 Å². The molecule has 1 heterocycles. The summed E-state index contributed by atoms with van der Waals surface area (Å²) in [6.45, 7) is 2.05. The van der Waals surface area contributed by atoms with Gasteiger partial charge in [-0.25, -0.2) is 4.39 Å². The summed E-state index contributed by atoms with van der Waals surface area (Å²) in [6.07, 6.45) is -0.142. The van der Waals surface area contributed by atoms with E-state index in [-0.39, 0.29) is 5.82 Å². The molecular weight excluding hydrogens is 227 g/mol. The largest absolute Gasteiger partial charge is 0.496 e. The number of hydrogen-bond donors (Lipinski definition) is 1. The third-order valence-corrected chi connectivity index (χ3v) is 4.10. The molecule has 1 aromatic carbocycles. The summed E-state index contributed by atoms with van der Waals surface area (Å²) in [5, 5.41) is 10.3. The predicted octanol–water partition coefficient (Wildman–Crippen LogP) is 2.89. The lowest BCUT2D eigenvalue weighted by Crippen LogP contribution is -2.06. The maximum atomic E-state index is 13.7. The number of ether oxygens (including phenoxy) is 1. The topological polar surface area (TPSA) is 29.5 Å². The predicted molar refractivity (Wildman–Crippen MR) is 63.3 cm³/mol. The van der Waals surface area contributed by atoms with Gasteiger partial charge in [0.05, 0.1) is 13.2 Å². The van der Waals surface area contributed by atoms with E-state index in [9.17, 15) is 9.50 Å². The molecule has 2 rings (SSSR count). The van der Waals surface area contributed by atoms with Gasteiger partial charge in [-0.1, -0.05) is 6.92 Å². The van der Waals surface area contributed by atoms with Crippen molar-refractivity contribution in [3.63, 3.8) is 0 Å². The Bertz CT molecular complexity index is 395. The van der Waals surface area contributed by atoms with E-state index in [1.807, 2.05) is 6.92 Å². The number of fused-ring (bicyclic) bond motifs is 1. The van der Waals surface area contributed by atoms with Crippen LogP contribution in [-0.4, -0.2) is 17.5 Å². The number of benzene rings is 1. The number of thioether (sulfide) groups is 1. The van der Waals surface area contributed by atoms with E-state index in [1.165, 1.54) is 6.07 Å². The summed E-state index contributed by atoms with van der Waals surface area (Å²) in [7, 11) is 1.57. The molecule has 1 N–H and O–H groups in total. The third-order valence-electron chi connectivity index (χ3n) is 2.88. The number of methoxy groups -OCH3 is 1. The molecule has 88 valence electrons. The zero-order valence-corrected chi connectivity index (χ0v) is 10.2. The highest BCUT2D eigenvalue weighted by molar-refractivity contribution is 7.99. The molecule has 1 unspecified atom stereocenters. The number of halogens is 1. The van der Waals surface area contributed by atoms with Crippen molar-refractivity contribution < 1.29 is 14.2 Å². The number of aliphatic hydroxyl groups is 1. The van der Waals surface area contributed by atoms with Crippen LogP contribution in [0.1, 0.15) is 30.6 Å². The molecule has 1 aliphatic heterocycles. The molecule has 0 spiro atoms. The first-order valence-corrected chi connectivity index (χ1v) is 6.33. The molecule has 0 saturated carbocycles. The molecule has 2 atom stereocenters. The van der Waals surface area contributed by atoms with Crippen LogP contribution in [0.4, 0.5) is 4.39 Å². The second kappa shape index (κ2) is 4.63. The van der Waals surface area contributed by atoms with Gasteiger partial charge in [-0.05, 0) is 18.6 Å². The minimum Gasteiger partial charge on any atom is -0.496 e. The number of aliphatic hydroxyl groups excluding tert-OH is 1. The highest BCUT2D eigenvalue weighted by Gasteiger charge is 2.26. The van der Waals surface area contributed by atoms with Crippen molar-refractivity contribution in [2.75, 3.05) is 7.11 Å². The van der Waals surface area contributed by atoms with Crippen LogP contribution < -0.4 is 4.74 Å². The van der Waals surface area contributed by atoms with Gasteiger partial charge in [-0.3, -0.25) is 0 Å². The highest BCUT2D eigenvalue weighted by Crippen LogP contribution is 2.40. The van der Waals surface area contributed by atoms with E-state index in [0.29, 0.717) is 28.7 Å². The van der Waals surface area contributed by atoms with E-state index in [4.69, 9.17) is 4.74 Å². The van der Waals surface area contributed by atoms with Gasteiger partial charge in [0.25, 0.3) is 0 Å². The van der Waals surface area contributed by atoms with Gasteiger partial charge >= 0.3 is 0 Å². The van der Waals surface area contributed by atoms with Gasteiger partial charge in [0.15, 0.2) is 0 Å². The van der Waals surface area contributed by atoms with Crippen molar-refractivity contribution in [3.05, 3.63) is 29.1 Å². The molecule has 0 aliphatic carbocycles. The Morgan fingerprint density at radius 1 is 1.50 bits per heavy atom. The monoisotopic (exact) mass is 242 g/mol. The van der Waals surface area contributed by atoms with Crippen LogP contribution in [-0.2, 0) is 5.75 Å². The first-order chi connectivity index (χ1) is 7.63. The van der Waals surface area contributed by atoms with E-state index in [1.54, 1.807) is 24.9 Å². The quantitative estimate of drug-likeness (QED) is 0.821. The van der Waals surface area contributed by atoms with Crippen molar-refractivity contribution in [2.45, 2.75) is 30.5 Å². The summed E-state index contributed by atoms with van der Waals surface area (Å²) >= 11 is 1.72. The average Bonchev–Trinajstić information content (AvgIpc) is 2.39. The van der Waals surface area contributed by atoms with Crippen molar-refractivity contribution in [3.8, 4) is 5.75 Å². The van der Waals surface area contributed by atoms with Crippen molar-refractivity contribution >= 4 is 11.8 Å². The molecule has 0 aromatic heterocycles. The molecule has 4 heteroatoms. The van der Waals surface area contributed by atoms with Crippen LogP contribution in [0.5, 0.6) is 5.75 Å². The molecule has 16 heavy (non-hydrogen) atoms. The Kier molecular flexibility index (Phi) is 3.40. The summed E-state index contributed by atoms with van der Waals surface area (Å²) in [5.74, 6) is 1.02. The second-order valence-electron chi connectivity index (χ2n) is 4.01. The SMILES string of the molecule is COc1ccc(F)c2c1CSC(C)C[C@@H]2O. The van der Waals surface area contributed by atoms with E-state index < -0.39 is 6.10 Å². The van der Waals surface area contributed by atoms with E-state index in [2.05, 4.69) is 0 Å². The van der Waals surface area contributed by atoms with Crippen LogP contribution in [0.15, 0.2) is 12.1 Å². The van der Waals surface area contributed by atoms with Gasteiger partial charge in [0, 0.05) is 22.1 Å². The Labute approximate surface area is 98.8 Å². The molecular formula is C12H15FO2S. The second-order valence-corrected chi connectivity index (χ2v) is 5.44. The van der Waals surface area contributed by atoms with Crippen LogP contribution >= 0.6 is 11.8 Å². The lowest BCUT2D eigenvalue weighted by Gasteiger charge is -2.15. The number of hydrogen-bond acceptors (Lipinski definition) is 3. The van der Waals surface area contributed by atoms with Gasteiger partial charge < -0.3 is 9.84 Å². The minimum absolute atomic E-state index is 0.325. The summed E-state index contributed by atoms with van der Waals surface area (Å²) in [4.78, 5) is 0. The van der Waals surface area contributed by atoms with Gasteiger partial charge in [-0.2, -0.15) is 11.8 Å². The first-order valence-electron chi connectivity index (χ1n) is 5.28. The fraction of sp³-hybridized carbons (Fsp3) is 0.500. The van der Waals surface area contributed by atoms with Gasteiger partial charge in [0.1, 0.15) is 11.6 Å². The molecule has 0 amide bonds. The zero-order valence-electron chi connectivity index (χ0n) is 9.37. The standard InChI is InChI=1S/C12H15FO2S/c1-7-5-10(14)12-8(6-16-7)11(15-2)4-3-9(12)13/h3-4,7,10,14H,5-6H2,1-2H3/t7?,10-/m0/s1. The van der Waals surface area contributed by atoms with Crippen LogP contribution in [0.25, 0.3) is 0 Å². The molecule has 1 aliphatic rings. The van der Waals surface area contributed by atoms with Crippen LogP contribution in [0, 0.1) is 5.82 Å². The molecule has 0 fully saturated rings. The van der Waals surface area contributed by atoms with E-state index in [0.717, 1.165) is 5.56 Å². The summed E-state index contributed by atoms with van der Waals surface area (Å²) in [5.41, 5.74) is 1.21. The fourth-order valence-corrected chi connectivity index (χ4v) is 3.11. The first kappa shape index (κ1) is 11.7. The van der Waals surface area contributed by atoms with Crippen molar-refractivity contribution in [2.24, 2.45) is 0 Å². The van der Waals surface area contributed by atoms with Crippen molar-refractivity contribution in [1.29, 1.82) is 0 Å². The molecule has 0 saturated heterocycles. The van der Waals surface area contributed by atoms with Gasteiger partial charge in [0.2, 0.25) is 0 Å². The highest BCUT2D eigenvalue weighted by atomic mass is 32.2. The zero-order chi connectivity index (χ0) is 11.7. The minimum atomic E-state index is -0.727. The molecule has 0 bridgehead atoms. The number of rotatable bonds is 1. The van der Waals surface area contributed by atoms with Crippen LogP contribution in [0.3, 0.4) is 0 Å². The lowest BCUT2D eigenvalue weighted by atomic mass is 9.99. The molecule has 2 nitrogen and oxygen atoms in total. The van der Waals surface area contributed by atoms with Crippen molar-refractivity contribution in [1.82, 2.24) is 0 Å². The fourth-order valence-electron chi connectivity index (χ4n) is 2.04. The van der Waals surface area contributed by atoms with E-state index >= 15 is 0 Å². The molecule has 0 radical (unpaired) electrons. The Balaban J connectivity index is 2.52. The summed E-state index contributed by atoms with van der Waals surface area (Å²) in [6, 6.07) is 2.99. The maximum Gasteiger partial charge on any atom is 0.129 e. The Hall–Kier alpha value is -0.740. The Morgan fingerprint density at radius 2 is 2.25 bits per heavy atom. The summed E-state index contributed by atoms with van der Waals surface area (Å²) < 4.78 is 18.9. The average molecular weight is 242 g/mol. The van der Waals surface area contributed by atoms with Gasteiger partial charge in [-0.15, -0.1) is 0 Å². The smallest absolute Gasteiger partial charge is 0.129 e. The maximum absolute atomic E-state index is 13.7. The normalized spacial score (nSPS) is 24.8. The lowest BCUT2D eigenvalue weighted by molar-refractivity contribution is 0.163. The molecule has 1 aromatic rings. The third kappa shape index (κ3) is 2.04. The Morgan fingerprint density at radius 3 is 2.94 bits per heavy atom.